The molecule has 0 bridgehead atoms. The van der Waals surface area contributed by atoms with E-state index in [1.807, 2.05) is 13.8 Å². The Balaban J connectivity index is 2.19. The van der Waals surface area contributed by atoms with Gasteiger partial charge in [0.05, 0.1) is 16.7 Å². The largest absolute Gasteiger partial charge is 0.416 e. The summed E-state index contributed by atoms with van der Waals surface area (Å²) in [4.78, 5) is 12.5. The molecule has 0 N–H and O–H groups in total. The number of alkyl halides is 9. The van der Waals surface area contributed by atoms with E-state index in [0.29, 0.717) is 35.2 Å². The van der Waals surface area contributed by atoms with Gasteiger partial charge < -0.3 is 0 Å². The fourth-order valence-corrected chi connectivity index (χ4v) is 4.12. The number of ketones is 1. The van der Waals surface area contributed by atoms with Crippen LogP contribution >= 0.6 is 0 Å². The highest BCUT2D eigenvalue weighted by Gasteiger charge is 2.37. The molecule has 1 nitrogen and oxygen atoms in total. The van der Waals surface area contributed by atoms with Crippen molar-refractivity contribution in [2.75, 3.05) is 0 Å². The lowest BCUT2D eigenvalue weighted by Gasteiger charge is -2.18. The molecule has 0 fully saturated rings. The maximum Gasteiger partial charge on any atom is 0.416 e. The lowest BCUT2D eigenvalue weighted by molar-refractivity contribution is -0.143. The lowest BCUT2D eigenvalue weighted by Crippen LogP contribution is -2.12. The van der Waals surface area contributed by atoms with Gasteiger partial charge in [0.1, 0.15) is 5.78 Å². The molecule has 0 spiro atoms. The van der Waals surface area contributed by atoms with E-state index >= 15 is 0 Å². The van der Waals surface area contributed by atoms with Crippen LogP contribution in [0.5, 0.6) is 0 Å². The molecule has 0 aromatic heterocycles. The number of carbonyl (C=O) groups excluding carboxylic acids is 1. The van der Waals surface area contributed by atoms with Gasteiger partial charge in [-0.05, 0) is 78.4 Å². The zero-order valence-corrected chi connectivity index (χ0v) is 21.4. The van der Waals surface area contributed by atoms with Crippen LogP contribution < -0.4 is 0 Å². The minimum atomic E-state index is -5.04. The van der Waals surface area contributed by atoms with Crippen molar-refractivity contribution in [3.8, 4) is 23.0 Å². The molecule has 3 aromatic carbocycles. The zero-order chi connectivity index (χ0) is 30.0. The van der Waals surface area contributed by atoms with Gasteiger partial charge >= 0.3 is 18.5 Å². The third-order valence-corrected chi connectivity index (χ3v) is 6.04. The molecular formula is C30H23F9O. The van der Waals surface area contributed by atoms with Crippen molar-refractivity contribution >= 4 is 5.78 Å². The summed E-state index contributed by atoms with van der Waals surface area (Å²) in [5, 5.41) is 0. The number of Topliss-reactive ketones (excluding diaryl/α,β-unsaturated/α-hetero) is 1. The maximum absolute atomic E-state index is 13.2. The molecule has 0 saturated carbocycles. The Morgan fingerprint density at radius 1 is 0.650 bits per heavy atom. The molecule has 3 aromatic rings. The first-order chi connectivity index (χ1) is 18.3. The average molecular weight is 570 g/mol. The van der Waals surface area contributed by atoms with Crippen LogP contribution in [0.25, 0.3) is 11.1 Å². The Morgan fingerprint density at radius 3 is 1.55 bits per heavy atom. The number of hydrogen-bond donors (Lipinski definition) is 0. The number of benzene rings is 3. The molecule has 0 radical (unpaired) electrons. The predicted molar refractivity (Wildman–Crippen MR) is 132 cm³/mol. The highest BCUT2D eigenvalue weighted by molar-refractivity contribution is 5.84. The lowest BCUT2D eigenvalue weighted by atomic mass is 9.85. The van der Waals surface area contributed by atoms with Crippen molar-refractivity contribution in [3.63, 3.8) is 0 Å². The van der Waals surface area contributed by atoms with E-state index in [-0.39, 0.29) is 23.3 Å². The van der Waals surface area contributed by atoms with E-state index in [9.17, 15) is 44.3 Å². The van der Waals surface area contributed by atoms with Gasteiger partial charge in [-0.2, -0.15) is 39.5 Å². The average Bonchev–Trinajstić information content (AvgIpc) is 2.84. The Kier molecular flexibility index (Phi) is 8.77. The molecule has 1 atom stereocenters. The summed E-state index contributed by atoms with van der Waals surface area (Å²) in [5.74, 6) is 4.21. The third kappa shape index (κ3) is 7.90. The molecule has 1 unspecified atom stereocenters. The van der Waals surface area contributed by atoms with Gasteiger partial charge in [0.25, 0.3) is 0 Å². The highest BCUT2D eigenvalue weighted by atomic mass is 19.4. The second kappa shape index (κ2) is 11.4. The molecule has 40 heavy (non-hydrogen) atoms. The van der Waals surface area contributed by atoms with E-state index in [2.05, 4.69) is 11.8 Å². The van der Waals surface area contributed by atoms with Crippen LogP contribution in [-0.4, -0.2) is 5.78 Å². The molecule has 0 aliphatic heterocycles. The van der Waals surface area contributed by atoms with Gasteiger partial charge in [-0.1, -0.05) is 43.9 Å². The fourth-order valence-electron chi connectivity index (χ4n) is 4.12. The summed E-state index contributed by atoms with van der Waals surface area (Å²) in [6.45, 7) is 5.16. The first kappa shape index (κ1) is 30.8. The van der Waals surface area contributed by atoms with Crippen molar-refractivity contribution in [2.24, 2.45) is 5.92 Å². The van der Waals surface area contributed by atoms with Gasteiger partial charge in [-0.3, -0.25) is 4.79 Å². The molecule has 3 rings (SSSR count). The minimum absolute atomic E-state index is 0.00210. The fraction of sp³-hybridized carbons (Fsp3) is 0.300. The molecule has 0 aliphatic rings. The number of carbonyl (C=O) groups is 1. The molecular weight excluding hydrogens is 547 g/mol. The van der Waals surface area contributed by atoms with Gasteiger partial charge in [-0.15, -0.1) is 0 Å². The van der Waals surface area contributed by atoms with Crippen LogP contribution in [0.15, 0.2) is 60.7 Å². The monoisotopic (exact) mass is 570 g/mol. The van der Waals surface area contributed by atoms with Crippen LogP contribution in [-0.2, 0) is 23.3 Å². The standard InChI is InChI=1S/C30H23F9O/c1-17(2)10-27(18(3)40)23-12-19(11-22(15-23)21-6-8-24(9-7-21)28(31,32)33)4-5-20-13-25(29(34,35)36)16-26(14-20)30(37,38)39/h6-9,11-17,27H,10H2,1-3H3. The van der Waals surface area contributed by atoms with Crippen LogP contribution in [0, 0.1) is 17.8 Å². The quantitative estimate of drug-likeness (QED) is 0.221. The smallest absolute Gasteiger partial charge is 0.299 e. The van der Waals surface area contributed by atoms with Crippen molar-refractivity contribution < 1.29 is 44.3 Å². The molecule has 0 amide bonds. The van der Waals surface area contributed by atoms with Crippen LogP contribution in [0.1, 0.15) is 66.5 Å². The predicted octanol–water partition coefficient (Wildman–Crippen LogP) is 9.53. The Morgan fingerprint density at radius 2 is 1.12 bits per heavy atom. The van der Waals surface area contributed by atoms with Gasteiger partial charge in [0.2, 0.25) is 0 Å². The van der Waals surface area contributed by atoms with E-state index in [1.165, 1.54) is 31.2 Å². The van der Waals surface area contributed by atoms with E-state index in [4.69, 9.17) is 0 Å². The first-order valence-corrected chi connectivity index (χ1v) is 12.0. The SMILES string of the molecule is CC(=O)C(CC(C)C)c1cc(C#Cc2cc(C(F)(F)F)cc(C(F)(F)F)c2)cc(-c2ccc(C(F)(F)F)cc2)c1. The van der Waals surface area contributed by atoms with E-state index in [1.54, 1.807) is 6.07 Å². The van der Waals surface area contributed by atoms with Gasteiger partial charge in [-0.25, -0.2) is 0 Å². The normalized spacial score (nSPS) is 13.1. The van der Waals surface area contributed by atoms with Gasteiger partial charge in [0.15, 0.2) is 0 Å². The zero-order valence-electron chi connectivity index (χ0n) is 21.4. The van der Waals surface area contributed by atoms with E-state index < -0.39 is 46.7 Å². The van der Waals surface area contributed by atoms with Crippen molar-refractivity contribution in [3.05, 3.63) is 94.0 Å². The highest BCUT2D eigenvalue weighted by Crippen LogP contribution is 2.37. The van der Waals surface area contributed by atoms with Crippen molar-refractivity contribution in [2.45, 2.75) is 51.6 Å². The summed E-state index contributed by atoms with van der Waals surface area (Å²) >= 11 is 0. The van der Waals surface area contributed by atoms with Crippen molar-refractivity contribution in [1.82, 2.24) is 0 Å². The van der Waals surface area contributed by atoms with Crippen LogP contribution in [0.4, 0.5) is 39.5 Å². The summed E-state index contributed by atoms with van der Waals surface area (Å²) in [6, 6.07) is 9.79. The second-order valence-corrected chi connectivity index (χ2v) is 9.76. The summed E-state index contributed by atoms with van der Waals surface area (Å²) in [6.07, 6.45) is -14.2. The Hall–Kier alpha value is -3.74. The third-order valence-electron chi connectivity index (χ3n) is 6.04. The first-order valence-electron chi connectivity index (χ1n) is 12.0. The Bertz CT molecular complexity index is 1400. The molecule has 212 valence electrons. The van der Waals surface area contributed by atoms with E-state index in [0.717, 1.165) is 12.1 Å². The number of hydrogen-bond acceptors (Lipinski definition) is 1. The minimum Gasteiger partial charge on any atom is -0.299 e. The number of rotatable bonds is 5. The molecule has 0 aliphatic carbocycles. The van der Waals surface area contributed by atoms with Crippen LogP contribution in [0.2, 0.25) is 0 Å². The Labute approximate surface area is 225 Å². The summed E-state index contributed by atoms with van der Waals surface area (Å²) in [5.41, 5.74) is -3.07. The second-order valence-electron chi connectivity index (χ2n) is 9.76. The molecule has 0 heterocycles. The summed E-state index contributed by atoms with van der Waals surface area (Å²) < 4.78 is 119. The van der Waals surface area contributed by atoms with Gasteiger partial charge in [0, 0.05) is 17.0 Å². The van der Waals surface area contributed by atoms with Crippen molar-refractivity contribution in [1.29, 1.82) is 0 Å². The molecule has 0 saturated heterocycles. The van der Waals surface area contributed by atoms with Crippen LogP contribution in [0.3, 0.4) is 0 Å². The number of halogens is 9. The summed E-state index contributed by atoms with van der Waals surface area (Å²) in [7, 11) is 0. The topological polar surface area (TPSA) is 17.1 Å². The molecule has 10 heteroatoms. The maximum atomic E-state index is 13.2.